The van der Waals surface area contributed by atoms with Crippen LogP contribution in [0.15, 0.2) is 42.5 Å². The highest BCUT2D eigenvalue weighted by Gasteiger charge is 2.24. The standard InChI is InChI=1S/C21H23Cl2NO5/c1-4-28-19(25)12-17(14-7-5-8-15(11-14)27-3)24-21(26)13(2)29-18-10-6-9-16(22)20(18)23/h5-11,13,17H,4,12H2,1-3H3,(H,24,26). The molecule has 2 aromatic rings. The maximum atomic E-state index is 12.7. The van der Waals surface area contributed by atoms with Crippen molar-refractivity contribution in [3.05, 3.63) is 58.1 Å². The maximum absolute atomic E-state index is 12.7. The van der Waals surface area contributed by atoms with E-state index < -0.39 is 24.0 Å². The highest BCUT2D eigenvalue weighted by Crippen LogP contribution is 2.32. The second-order valence-electron chi connectivity index (χ2n) is 6.16. The van der Waals surface area contributed by atoms with Crippen LogP contribution in [-0.2, 0) is 14.3 Å². The van der Waals surface area contributed by atoms with Crippen LogP contribution in [-0.4, -0.2) is 31.7 Å². The zero-order valence-electron chi connectivity index (χ0n) is 16.4. The minimum absolute atomic E-state index is 0.0304. The average molecular weight is 440 g/mol. The van der Waals surface area contributed by atoms with E-state index in [1.807, 2.05) is 0 Å². The lowest BCUT2D eigenvalue weighted by Crippen LogP contribution is -2.39. The molecule has 0 aliphatic carbocycles. The first-order valence-electron chi connectivity index (χ1n) is 9.06. The minimum Gasteiger partial charge on any atom is -0.497 e. The highest BCUT2D eigenvalue weighted by molar-refractivity contribution is 6.42. The Morgan fingerprint density at radius 1 is 1.14 bits per heavy atom. The molecule has 0 fully saturated rings. The van der Waals surface area contributed by atoms with Crippen LogP contribution in [0.1, 0.15) is 31.9 Å². The molecule has 0 radical (unpaired) electrons. The van der Waals surface area contributed by atoms with Crippen molar-refractivity contribution in [1.29, 1.82) is 0 Å². The van der Waals surface area contributed by atoms with Gasteiger partial charge in [0.1, 0.15) is 16.5 Å². The third-order valence-electron chi connectivity index (χ3n) is 4.08. The number of nitrogens with one attached hydrogen (secondary N) is 1. The number of amides is 1. The normalized spacial score (nSPS) is 12.6. The summed E-state index contributed by atoms with van der Waals surface area (Å²) >= 11 is 12.1. The quantitative estimate of drug-likeness (QED) is 0.578. The summed E-state index contributed by atoms with van der Waals surface area (Å²) in [7, 11) is 1.54. The van der Waals surface area contributed by atoms with E-state index in [-0.39, 0.29) is 18.1 Å². The number of hydrogen-bond donors (Lipinski definition) is 1. The molecule has 2 atom stereocenters. The molecule has 0 bridgehead atoms. The summed E-state index contributed by atoms with van der Waals surface area (Å²) in [4.78, 5) is 24.8. The van der Waals surface area contributed by atoms with Gasteiger partial charge in [-0.2, -0.15) is 0 Å². The Hall–Kier alpha value is -2.44. The van der Waals surface area contributed by atoms with E-state index in [2.05, 4.69) is 5.32 Å². The molecule has 29 heavy (non-hydrogen) atoms. The fourth-order valence-electron chi connectivity index (χ4n) is 2.61. The zero-order chi connectivity index (χ0) is 21.4. The predicted octanol–water partition coefficient (Wildman–Crippen LogP) is 4.58. The molecule has 0 spiro atoms. The summed E-state index contributed by atoms with van der Waals surface area (Å²) in [6, 6.07) is 11.4. The van der Waals surface area contributed by atoms with Crippen LogP contribution in [0.4, 0.5) is 0 Å². The van der Waals surface area contributed by atoms with Crippen molar-refractivity contribution in [2.75, 3.05) is 13.7 Å². The molecule has 6 nitrogen and oxygen atoms in total. The fraction of sp³-hybridized carbons (Fsp3) is 0.333. The van der Waals surface area contributed by atoms with Crippen LogP contribution in [0.25, 0.3) is 0 Å². The second kappa shape index (κ2) is 10.9. The third kappa shape index (κ3) is 6.54. The number of carbonyl (C=O) groups excluding carboxylic acids is 2. The summed E-state index contributed by atoms with van der Waals surface area (Å²) in [5, 5.41) is 3.39. The van der Waals surface area contributed by atoms with Crippen molar-refractivity contribution in [2.45, 2.75) is 32.4 Å². The Kier molecular flexibility index (Phi) is 8.61. The topological polar surface area (TPSA) is 73.9 Å². The van der Waals surface area contributed by atoms with E-state index in [1.54, 1.807) is 63.4 Å². The van der Waals surface area contributed by atoms with E-state index in [0.29, 0.717) is 22.1 Å². The van der Waals surface area contributed by atoms with Gasteiger partial charge < -0.3 is 19.5 Å². The van der Waals surface area contributed by atoms with Gasteiger partial charge >= 0.3 is 5.97 Å². The van der Waals surface area contributed by atoms with Gasteiger partial charge in [-0.1, -0.05) is 41.4 Å². The molecule has 0 aliphatic heterocycles. The van der Waals surface area contributed by atoms with Gasteiger partial charge in [0.2, 0.25) is 0 Å². The van der Waals surface area contributed by atoms with Gasteiger partial charge in [0.15, 0.2) is 6.10 Å². The largest absolute Gasteiger partial charge is 0.497 e. The van der Waals surface area contributed by atoms with E-state index in [9.17, 15) is 9.59 Å². The molecule has 1 N–H and O–H groups in total. The van der Waals surface area contributed by atoms with Crippen molar-refractivity contribution < 1.29 is 23.8 Å². The van der Waals surface area contributed by atoms with E-state index in [1.165, 1.54) is 0 Å². The Labute approximate surface area is 180 Å². The van der Waals surface area contributed by atoms with Crippen molar-refractivity contribution in [1.82, 2.24) is 5.32 Å². The zero-order valence-corrected chi connectivity index (χ0v) is 17.9. The average Bonchev–Trinajstić information content (AvgIpc) is 2.71. The molecule has 0 aromatic heterocycles. The summed E-state index contributed by atoms with van der Waals surface area (Å²) in [5.41, 5.74) is 0.707. The molecule has 2 aromatic carbocycles. The van der Waals surface area contributed by atoms with Gasteiger partial charge in [-0.15, -0.1) is 0 Å². The van der Waals surface area contributed by atoms with E-state index in [0.717, 1.165) is 0 Å². The van der Waals surface area contributed by atoms with Crippen molar-refractivity contribution in [3.63, 3.8) is 0 Å². The molecule has 0 saturated heterocycles. The fourth-order valence-corrected chi connectivity index (χ4v) is 2.94. The lowest BCUT2D eigenvalue weighted by atomic mass is 10.0. The van der Waals surface area contributed by atoms with E-state index >= 15 is 0 Å². The van der Waals surface area contributed by atoms with Crippen molar-refractivity contribution >= 4 is 35.1 Å². The number of rotatable bonds is 9. The SMILES string of the molecule is CCOC(=O)CC(NC(=O)C(C)Oc1cccc(Cl)c1Cl)c1cccc(OC)c1. The highest BCUT2D eigenvalue weighted by atomic mass is 35.5. The Balaban J connectivity index is 2.16. The molecule has 1 amide bonds. The monoisotopic (exact) mass is 439 g/mol. The lowest BCUT2D eigenvalue weighted by Gasteiger charge is -2.22. The molecular formula is C21H23Cl2NO5. The Bertz CT molecular complexity index is 859. The molecule has 156 valence electrons. The first-order chi connectivity index (χ1) is 13.8. The lowest BCUT2D eigenvalue weighted by molar-refractivity contribution is -0.144. The number of ether oxygens (including phenoxy) is 3. The Morgan fingerprint density at radius 3 is 2.55 bits per heavy atom. The number of methoxy groups -OCH3 is 1. The van der Waals surface area contributed by atoms with Crippen LogP contribution in [0.3, 0.4) is 0 Å². The number of hydrogen-bond acceptors (Lipinski definition) is 5. The first-order valence-corrected chi connectivity index (χ1v) is 9.81. The van der Waals surface area contributed by atoms with Crippen LogP contribution in [0.2, 0.25) is 10.0 Å². The number of halogens is 2. The molecule has 0 aliphatic rings. The minimum atomic E-state index is -0.874. The summed E-state index contributed by atoms with van der Waals surface area (Å²) in [6.07, 6.45) is -0.904. The first kappa shape index (κ1) is 22.8. The van der Waals surface area contributed by atoms with Crippen LogP contribution >= 0.6 is 23.2 Å². The molecule has 8 heteroatoms. The van der Waals surface area contributed by atoms with Crippen LogP contribution in [0.5, 0.6) is 11.5 Å². The van der Waals surface area contributed by atoms with E-state index in [4.69, 9.17) is 37.4 Å². The van der Waals surface area contributed by atoms with Crippen LogP contribution in [0, 0.1) is 0 Å². The number of carbonyl (C=O) groups is 2. The molecular weight excluding hydrogens is 417 g/mol. The second-order valence-corrected chi connectivity index (χ2v) is 6.94. The molecule has 2 rings (SSSR count). The molecule has 0 saturated carbocycles. The smallest absolute Gasteiger partial charge is 0.308 e. The van der Waals surface area contributed by atoms with Gasteiger partial charge in [-0.25, -0.2) is 0 Å². The molecule has 2 unspecified atom stereocenters. The molecule has 0 heterocycles. The van der Waals surface area contributed by atoms with Crippen molar-refractivity contribution in [2.24, 2.45) is 0 Å². The van der Waals surface area contributed by atoms with Gasteiger partial charge in [-0.3, -0.25) is 9.59 Å². The number of esters is 1. The number of benzene rings is 2. The van der Waals surface area contributed by atoms with Crippen LogP contribution < -0.4 is 14.8 Å². The summed E-state index contributed by atoms with van der Waals surface area (Å²) in [6.45, 7) is 3.56. The maximum Gasteiger partial charge on any atom is 0.308 e. The summed E-state index contributed by atoms with van der Waals surface area (Å²) in [5.74, 6) is 0.0657. The predicted molar refractivity (Wildman–Crippen MR) is 112 cm³/mol. The van der Waals surface area contributed by atoms with Crippen molar-refractivity contribution in [3.8, 4) is 11.5 Å². The van der Waals surface area contributed by atoms with Gasteiger partial charge in [0.25, 0.3) is 5.91 Å². The Morgan fingerprint density at radius 2 is 1.86 bits per heavy atom. The van der Waals surface area contributed by atoms with Gasteiger partial charge in [-0.05, 0) is 43.7 Å². The summed E-state index contributed by atoms with van der Waals surface area (Å²) < 4.78 is 15.9. The van der Waals surface area contributed by atoms with Gasteiger partial charge in [0, 0.05) is 0 Å². The third-order valence-corrected chi connectivity index (χ3v) is 4.88. The van der Waals surface area contributed by atoms with Gasteiger partial charge in [0.05, 0.1) is 31.2 Å².